The number of hydrogen-bond donors (Lipinski definition) is 1. The Bertz CT molecular complexity index is 904. The number of benzene rings is 1. The zero-order valence-corrected chi connectivity index (χ0v) is 16.5. The molecule has 7 nitrogen and oxygen atoms in total. The number of morpholine rings is 1. The molecule has 0 saturated carbocycles. The predicted octanol–water partition coefficient (Wildman–Crippen LogP) is 1.11. The molecule has 2 aliphatic rings. The van der Waals surface area contributed by atoms with Gasteiger partial charge in [0.25, 0.3) is 5.91 Å². The molecular weight excluding hydrogens is 368 g/mol. The average Bonchev–Trinajstić information content (AvgIpc) is 3.06. The van der Waals surface area contributed by atoms with Crippen LogP contribution < -0.4 is 0 Å². The first-order valence-corrected chi connectivity index (χ1v) is 10.1. The van der Waals surface area contributed by atoms with Gasteiger partial charge in [0.05, 0.1) is 18.9 Å². The van der Waals surface area contributed by atoms with E-state index in [0.29, 0.717) is 32.0 Å². The molecule has 0 atom stereocenters. The molecule has 0 aliphatic carbocycles. The average molecular weight is 394 g/mol. The van der Waals surface area contributed by atoms with Crippen molar-refractivity contribution < 1.29 is 14.6 Å². The molecule has 1 aromatic heterocycles. The molecule has 0 bridgehead atoms. The van der Waals surface area contributed by atoms with E-state index < -0.39 is 0 Å². The monoisotopic (exact) mass is 394 g/mol. The number of aliphatic hydroxyl groups excluding tert-OH is 1. The number of rotatable bonds is 3. The molecular formula is C22H26N4O3. The quantitative estimate of drug-likeness (QED) is 0.790. The van der Waals surface area contributed by atoms with Gasteiger partial charge in [-0.2, -0.15) is 5.10 Å². The van der Waals surface area contributed by atoms with Crippen LogP contribution in [0.4, 0.5) is 0 Å². The van der Waals surface area contributed by atoms with Gasteiger partial charge in [-0.05, 0) is 30.2 Å². The van der Waals surface area contributed by atoms with Crippen LogP contribution >= 0.6 is 0 Å². The van der Waals surface area contributed by atoms with Gasteiger partial charge in [-0.3, -0.25) is 14.4 Å². The smallest absolute Gasteiger partial charge is 0.274 e. The van der Waals surface area contributed by atoms with Crippen LogP contribution in [0.5, 0.6) is 0 Å². The van der Waals surface area contributed by atoms with Gasteiger partial charge in [-0.1, -0.05) is 24.0 Å². The number of fused-ring (bicyclic) bond motifs is 1. The molecule has 1 aromatic carbocycles. The molecule has 0 radical (unpaired) electrons. The number of aliphatic hydroxyl groups is 1. The molecule has 7 heteroatoms. The first-order chi connectivity index (χ1) is 14.2. The summed E-state index contributed by atoms with van der Waals surface area (Å²) in [7, 11) is 0. The van der Waals surface area contributed by atoms with E-state index in [1.54, 1.807) is 0 Å². The summed E-state index contributed by atoms with van der Waals surface area (Å²) in [6, 6.07) is 10.1. The summed E-state index contributed by atoms with van der Waals surface area (Å²) in [6.45, 7) is 5.76. The van der Waals surface area contributed by atoms with Crippen molar-refractivity contribution in [2.24, 2.45) is 0 Å². The third kappa shape index (κ3) is 4.85. The van der Waals surface area contributed by atoms with Gasteiger partial charge in [-0.25, -0.2) is 0 Å². The summed E-state index contributed by atoms with van der Waals surface area (Å²) >= 11 is 0. The molecule has 4 rings (SSSR count). The Labute approximate surface area is 170 Å². The maximum absolute atomic E-state index is 12.7. The van der Waals surface area contributed by atoms with E-state index >= 15 is 0 Å². The normalized spacial score (nSPS) is 17.2. The fourth-order valence-electron chi connectivity index (χ4n) is 3.79. The number of carbonyl (C=O) groups excluding carboxylic acids is 1. The molecule has 1 saturated heterocycles. The summed E-state index contributed by atoms with van der Waals surface area (Å²) in [4.78, 5) is 16.9. The second kappa shape index (κ2) is 9.23. The van der Waals surface area contributed by atoms with E-state index in [-0.39, 0.29) is 12.5 Å². The molecule has 0 spiro atoms. The second-order valence-electron chi connectivity index (χ2n) is 7.37. The zero-order valence-electron chi connectivity index (χ0n) is 16.5. The molecule has 1 amide bonds. The minimum Gasteiger partial charge on any atom is -0.384 e. The number of carbonyl (C=O) groups is 1. The Hall–Kier alpha value is -2.66. The first-order valence-electron chi connectivity index (χ1n) is 10.1. The van der Waals surface area contributed by atoms with Crippen molar-refractivity contribution >= 4 is 5.91 Å². The third-order valence-corrected chi connectivity index (χ3v) is 5.28. The molecule has 152 valence electrons. The second-order valence-corrected chi connectivity index (χ2v) is 7.37. The highest BCUT2D eigenvalue weighted by Crippen LogP contribution is 2.18. The minimum atomic E-state index is -0.126. The summed E-state index contributed by atoms with van der Waals surface area (Å²) in [6.07, 6.45) is 1.000. The Morgan fingerprint density at radius 3 is 2.69 bits per heavy atom. The molecule has 29 heavy (non-hydrogen) atoms. The van der Waals surface area contributed by atoms with Gasteiger partial charge in [0, 0.05) is 44.8 Å². The zero-order chi connectivity index (χ0) is 20.1. The number of aryl methyl sites for hydroxylation is 1. The van der Waals surface area contributed by atoms with Crippen LogP contribution in [0.15, 0.2) is 30.3 Å². The lowest BCUT2D eigenvalue weighted by Gasteiger charge is -2.26. The van der Waals surface area contributed by atoms with Gasteiger partial charge >= 0.3 is 0 Å². The van der Waals surface area contributed by atoms with Gasteiger partial charge in [0.1, 0.15) is 6.61 Å². The molecule has 1 N–H and O–H groups in total. The van der Waals surface area contributed by atoms with E-state index in [4.69, 9.17) is 9.84 Å². The maximum atomic E-state index is 12.7. The lowest BCUT2D eigenvalue weighted by molar-refractivity contribution is 0.0298. The minimum absolute atomic E-state index is 0.000000901. The lowest BCUT2D eigenvalue weighted by Crippen LogP contribution is -2.40. The van der Waals surface area contributed by atoms with E-state index in [2.05, 4.69) is 34.0 Å². The molecule has 3 heterocycles. The Kier molecular flexibility index (Phi) is 6.25. The van der Waals surface area contributed by atoms with E-state index in [0.717, 1.165) is 43.9 Å². The molecule has 2 aromatic rings. The van der Waals surface area contributed by atoms with Crippen LogP contribution in [0, 0.1) is 11.8 Å². The topological polar surface area (TPSA) is 70.8 Å². The molecule has 0 unspecified atom stereocenters. The number of ether oxygens (including phenoxy) is 1. The number of hydrogen-bond acceptors (Lipinski definition) is 5. The summed E-state index contributed by atoms with van der Waals surface area (Å²) < 4.78 is 7.32. The van der Waals surface area contributed by atoms with Gasteiger partial charge in [-0.15, -0.1) is 0 Å². The third-order valence-electron chi connectivity index (χ3n) is 5.28. The van der Waals surface area contributed by atoms with Crippen molar-refractivity contribution in [2.75, 3.05) is 39.5 Å². The lowest BCUT2D eigenvalue weighted by atomic mass is 10.1. The van der Waals surface area contributed by atoms with Crippen molar-refractivity contribution in [3.8, 4) is 11.8 Å². The highest BCUT2D eigenvalue weighted by atomic mass is 16.5. The Morgan fingerprint density at radius 2 is 1.93 bits per heavy atom. The molecule has 2 aliphatic heterocycles. The van der Waals surface area contributed by atoms with Crippen LogP contribution in [0.1, 0.15) is 33.7 Å². The van der Waals surface area contributed by atoms with Crippen molar-refractivity contribution in [3.63, 3.8) is 0 Å². The SMILES string of the molecule is O=C(c1cc2n(n1)CCCN(Cc1ccc(C#CCO)cc1)C2)N1CCOCC1. The maximum Gasteiger partial charge on any atom is 0.274 e. The summed E-state index contributed by atoms with van der Waals surface area (Å²) in [5, 5.41) is 13.4. The van der Waals surface area contributed by atoms with Crippen LogP contribution in [0.25, 0.3) is 0 Å². The van der Waals surface area contributed by atoms with Gasteiger partial charge in [0.2, 0.25) is 0 Å². The van der Waals surface area contributed by atoms with E-state index in [9.17, 15) is 4.79 Å². The highest BCUT2D eigenvalue weighted by Gasteiger charge is 2.24. The van der Waals surface area contributed by atoms with Crippen molar-refractivity contribution in [2.45, 2.75) is 26.1 Å². The Balaban J connectivity index is 1.42. The van der Waals surface area contributed by atoms with Crippen LogP contribution in [-0.4, -0.2) is 70.0 Å². The fourth-order valence-corrected chi connectivity index (χ4v) is 3.79. The number of nitrogens with zero attached hydrogens (tertiary/aromatic N) is 4. The van der Waals surface area contributed by atoms with Crippen molar-refractivity contribution in [3.05, 3.63) is 52.8 Å². The van der Waals surface area contributed by atoms with Crippen molar-refractivity contribution in [1.29, 1.82) is 0 Å². The van der Waals surface area contributed by atoms with Gasteiger partial charge in [0.15, 0.2) is 5.69 Å². The van der Waals surface area contributed by atoms with Gasteiger partial charge < -0.3 is 14.7 Å². The molecule has 1 fully saturated rings. The van der Waals surface area contributed by atoms with E-state index in [1.165, 1.54) is 5.56 Å². The largest absolute Gasteiger partial charge is 0.384 e. The standard InChI is InChI=1S/C22H26N4O3/c27-12-1-3-18-4-6-19(7-5-18)16-24-8-2-9-26-20(17-24)15-21(23-26)22(28)25-10-13-29-14-11-25/h4-7,15,27H,2,8-14,16-17H2. The van der Waals surface area contributed by atoms with Crippen LogP contribution in [-0.2, 0) is 24.4 Å². The summed E-state index contributed by atoms with van der Waals surface area (Å²) in [5.74, 6) is 5.59. The van der Waals surface area contributed by atoms with Crippen LogP contribution in [0.2, 0.25) is 0 Å². The van der Waals surface area contributed by atoms with Crippen molar-refractivity contribution in [1.82, 2.24) is 19.6 Å². The highest BCUT2D eigenvalue weighted by molar-refractivity contribution is 5.92. The summed E-state index contributed by atoms with van der Waals surface area (Å²) in [5.41, 5.74) is 3.75. The number of amides is 1. The Morgan fingerprint density at radius 1 is 1.14 bits per heavy atom. The van der Waals surface area contributed by atoms with E-state index in [1.807, 2.05) is 27.8 Å². The van der Waals surface area contributed by atoms with Crippen LogP contribution in [0.3, 0.4) is 0 Å². The first kappa shape index (κ1) is 19.6. The number of aromatic nitrogens is 2. The predicted molar refractivity (Wildman–Crippen MR) is 108 cm³/mol. The fraction of sp³-hybridized carbons (Fsp3) is 0.455.